The van der Waals surface area contributed by atoms with Crippen LogP contribution >= 0.6 is 0 Å². The van der Waals surface area contributed by atoms with Crippen LogP contribution in [0.5, 0.6) is 0 Å². The second-order valence-electron chi connectivity index (χ2n) is 5.56. The molecule has 2 aromatic carbocycles. The van der Waals surface area contributed by atoms with Crippen LogP contribution in [0.3, 0.4) is 0 Å². The van der Waals surface area contributed by atoms with Crippen molar-refractivity contribution in [3.63, 3.8) is 0 Å². The molecule has 0 saturated heterocycles. The van der Waals surface area contributed by atoms with Crippen molar-refractivity contribution < 1.29 is 4.79 Å². The van der Waals surface area contributed by atoms with Crippen molar-refractivity contribution in [2.24, 2.45) is 0 Å². The molecule has 0 spiro atoms. The number of H-pyrrole nitrogens is 1. The van der Waals surface area contributed by atoms with Crippen LogP contribution in [-0.2, 0) is 6.54 Å². The van der Waals surface area contributed by atoms with E-state index in [0.717, 1.165) is 5.56 Å². The molecule has 0 saturated carbocycles. The number of hydrogen-bond acceptors (Lipinski definition) is 3. The van der Waals surface area contributed by atoms with Gasteiger partial charge in [-0.2, -0.15) is 0 Å². The highest BCUT2D eigenvalue weighted by molar-refractivity contribution is 6.05. The van der Waals surface area contributed by atoms with Gasteiger partial charge >= 0.3 is 11.1 Å². The number of aromatic nitrogens is 2. The second-order valence-corrected chi connectivity index (χ2v) is 5.56. The number of aryl methyl sites for hydroxylation is 2. The average Bonchev–Trinajstić information content (AvgIpc) is 2.57. The van der Waals surface area contributed by atoms with Crippen molar-refractivity contribution in [3.05, 3.63) is 74.3 Å². The molecule has 1 heterocycles. The van der Waals surface area contributed by atoms with Gasteiger partial charge in [-0.05, 0) is 44.2 Å². The molecule has 3 aromatic rings. The van der Waals surface area contributed by atoms with Gasteiger partial charge in [0.15, 0.2) is 0 Å². The molecule has 6 nitrogen and oxygen atoms in total. The van der Waals surface area contributed by atoms with Gasteiger partial charge in [0.1, 0.15) is 0 Å². The van der Waals surface area contributed by atoms with Gasteiger partial charge < -0.3 is 14.9 Å². The summed E-state index contributed by atoms with van der Waals surface area (Å²) in [5, 5.41) is 2.81. The summed E-state index contributed by atoms with van der Waals surface area (Å²) in [6.07, 6.45) is 0. The highest BCUT2D eigenvalue weighted by atomic mass is 16.2. The summed E-state index contributed by atoms with van der Waals surface area (Å²) in [6.45, 7) is 4.14. The molecular formula is C18H17N3O3. The molecule has 24 heavy (non-hydrogen) atoms. The number of hydrogen-bond donors (Lipinski definition) is 2. The zero-order valence-corrected chi connectivity index (χ0v) is 13.4. The molecule has 0 aliphatic rings. The summed E-state index contributed by atoms with van der Waals surface area (Å²) in [7, 11) is 0. The van der Waals surface area contributed by atoms with Crippen LogP contribution in [0.25, 0.3) is 11.0 Å². The highest BCUT2D eigenvalue weighted by Gasteiger charge is 2.11. The molecule has 0 fully saturated rings. The third-order valence-electron chi connectivity index (χ3n) is 3.86. The maximum atomic E-state index is 12.4. The lowest BCUT2D eigenvalue weighted by atomic mass is 10.1. The van der Waals surface area contributed by atoms with Gasteiger partial charge in [0.05, 0.1) is 11.0 Å². The molecule has 1 aromatic heterocycles. The lowest BCUT2D eigenvalue weighted by Gasteiger charge is -2.09. The summed E-state index contributed by atoms with van der Waals surface area (Å²) >= 11 is 0. The van der Waals surface area contributed by atoms with Crippen molar-refractivity contribution >= 4 is 22.6 Å². The van der Waals surface area contributed by atoms with E-state index in [-0.39, 0.29) is 5.91 Å². The minimum atomic E-state index is -0.694. The van der Waals surface area contributed by atoms with E-state index in [1.165, 1.54) is 4.57 Å². The molecule has 1 amide bonds. The molecule has 3 rings (SSSR count). The number of nitrogens with one attached hydrogen (secondary N) is 2. The zero-order valence-electron chi connectivity index (χ0n) is 13.4. The summed E-state index contributed by atoms with van der Waals surface area (Å²) < 4.78 is 1.38. The normalized spacial score (nSPS) is 10.8. The van der Waals surface area contributed by atoms with Crippen LogP contribution in [0.2, 0.25) is 0 Å². The fourth-order valence-electron chi connectivity index (χ4n) is 2.57. The van der Waals surface area contributed by atoms with Crippen molar-refractivity contribution in [1.82, 2.24) is 9.55 Å². The summed E-state index contributed by atoms with van der Waals surface area (Å²) in [5.41, 5.74) is 1.96. The number of carbonyl (C=O) groups is 1. The molecule has 0 unspecified atom stereocenters. The Morgan fingerprint density at radius 3 is 2.50 bits per heavy atom. The van der Waals surface area contributed by atoms with Gasteiger partial charge in [0.25, 0.3) is 5.91 Å². The van der Waals surface area contributed by atoms with Gasteiger partial charge in [-0.3, -0.25) is 14.4 Å². The Kier molecular flexibility index (Phi) is 4.04. The lowest BCUT2D eigenvalue weighted by Crippen LogP contribution is -2.36. The van der Waals surface area contributed by atoms with E-state index in [9.17, 15) is 14.4 Å². The molecule has 6 heteroatoms. The van der Waals surface area contributed by atoms with Crippen molar-refractivity contribution in [3.8, 4) is 0 Å². The smallest absolute Gasteiger partial charge is 0.316 e. The molecule has 2 N–H and O–H groups in total. The van der Waals surface area contributed by atoms with Crippen molar-refractivity contribution in [1.29, 1.82) is 0 Å². The standard InChI is InChI=1S/C18H17N3O3/c1-3-21-15-9-6-12(10-14(15)20-17(23)18(21)24)16(22)19-13-7-4-11(2)5-8-13/h4-10H,3H2,1-2H3,(H,19,22)(H,20,23). The fraction of sp³-hybridized carbons (Fsp3) is 0.167. The molecular weight excluding hydrogens is 306 g/mol. The number of nitrogens with zero attached hydrogens (tertiary/aromatic N) is 1. The van der Waals surface area contributed by atoms with Crippen molar-refractivity contribution in [2.75, 3.05) is 5.32 Å². The van der Waals surface area contributed by atoms with E-state index in [1.54, 1.807) is 25.1 Å². The first-order valence-corrected chi connectivity index (χ1v) is 7.64. The monoisotopic (exact) mass is 323 g/mol. The van der Waals surface area contributed by atoms with Crippen LogP contribution in [0.15, 0.2) is 52.1 Å². The Morgan fingerprint density at radius 1 is 1.12 bits per heavy atom. The molecule has 0 aliphatic carbocycles. The minimum absolute atomic E-state index is 0.282. The van der Waals surface area contributed by atoms with Crippen LogP contribution in [0.4, 0.5) is 5.69 Å². The highest BCUT2D eigenvalue weighted by Crippen LogP contribution is 2.14. The van der Waals surface area contributed by atoms with Crippen molar-refractivity contribution in [2.45, 2.75) is 20.4 Å². The number of anilines is 1. The third-order valence-corrected chi connectivity index (χ3v) is 3.86. The van der Waals surface area contributed by atoms with E-state index < -0.39 is 11.1 Å². The minimum Gasteiger partial charge on any atom is -0.322 e. The first kappa shape index (κ1) is 15.7. The van der Waals surface area contributed by atoms with Gasteiger partial charge in [0, 0.05) is 17.8 Å². The molecule has 0 aliphatic heterocycles. The SMILES string of the molecule is CCn1c(=O)c(=O)[nH]c2cc(C(=O)Nc3ccc(C)cc3)ccc21. The Labute approximate surface area is 137 Å². The topological polar surface area (TPSA) is 84.0 Å². The third kappa shape index (κ3) is 2.86. The number of benzene rings is 2. The van der Waals surface area contributed by atoms with E-state index in [1.807, 2.05) is 31.2 Å². The number of rotatable bonds is 3. The number of amides is 1. The molecule has 0 radical (unpaired) electrons. The number of aromatic amines is 1. The van der Waals surface area contributed by atoms with E-state index in [2.05, 4.69) is 10.3 Å². The molecule has 122 valence electrons. The zero-order chi connectivity index (χ0) is 17.3. The second kappa shape index (κ2) is 6.16. The van der Waals surface area contributed by atoms with Crippen LogP contribution in [0.1, 0.15) is 22.8 Å². The average molecular weight is 323 g/mol. The van der Waals surface area contributed by atoms with Gasteiger partial charge in [-0.1, -0.05) is 17.7 Å². The van der Waals surface area contributed by atoms with Gasteiger partial charge in [0.2, 0.25) is 0 Å². The van der Waals surface area contributed by atoms with E-state index >= 15 is 0 Å². The Hall–Kier alpha value is -3.15. The van der Waals surface area contributed by atoms with E-state index in [4.69, 9.17) is 0 Å². The largest absolute Gasteiger partial charge is 0.322 e. The van der Waals surface area contributed by atoms with E-state index in [0.29, 0.717) is 28.8 Å². The molecule has 0 atom stereocenters. The van der Waals surface area contributed by atoms with Gasteiger partial charge in [-0.25, -0.2) is 0 Å². The number of fused-ring (bicyclic) bond motifs is 1. The maximum absolute atomic E-state index is 12.4. The number of carbonyl (C=O) groups excluding carboxylic acids is 1. The lowest BCUT2D eigenvalue weighted by molar-refractivity contribution is 0.102. The first-order valence-electron chi connectivity index (χ1n) is 7.64. The van der Waals surface area contributed by atoms with Crippen LogP contribution in [-0.4, -0.2) is 15.5 Å². The predicted molar refractivity (Wildman–Crippen MR) is 93.6 cm³/mol. The molecule has 0 bridgehead atoms. The summed E-state index contributed by atoms with van der Waals surface area (Å²) in [6, 6.07) is 12.3. The summed E-state index contributed by atoms with van der Waals surface area (Å²) in [5.74, 6) is -0.282. The first-order chi connectivity index (χ1) is 11.5. The maximum Gasteiger partial charge on any atom is 0.316 e. The Balaban J connectivity index is 2.00. The fourth-order valence-corrected chi connectivity index (χ4v) is 2.57. The van der Waals surface area contributed by atoms with Crippen LogP contribution < -0.4 is 16.4 Å². The van der Waals surface area contributed by atoms with Crippen LogP contribution in [0, 0.1) is 6.92 Å². The summed E-state index contributed by atoms with van der Waals surface area (Å²) in [4.78, 5) is 38.5. The Bertz CT molecular complexity index is 1030. The van der Waals surface area contributed by atoms with Gasteiger partial charge in [-0.15, -0.1) is 0 Å². The quantitative estimate of drug-likeness (QED) is 0.725. The predicted octanol–water partition coefficient (Wildman–Crippen LogP) is 2.27. The Morgan fingerprint density at radius 2 is 1.83 bits per heavy atom.